The van der Waals surface area contributed by atoms with Crippen LogP contribution in [-0.2, 0) is 13.0 Å². The molecule has 196 valence electrons. The molecule has 0 spiro atoms. The molecule has 1 atom stereocenters. The summed E-state index contributed by atoms with van der Waals surface area (Å²) < 4.78 is 9.65. The lowest BCUT2D eigenvalue weighted by Crippen LogP contribution is -2.38. The Kier molecular flexibility index (Phi) is 6.58. The van der Waals surface area contributed by atoms with Crippen LogP contribution in [0.4, 0.5) is 0 Å². The number of benzene rings is 4. The van der Waals surface area contributed by atoms with Crippen molar-refractivity contribution in [1.29, 1.82) is 0 Å². The van der Waals surface area contributed by atoms with Gasteiger partial charge in [0, 0.05) is 10.0 Å². The van der Waals surface area contributed by atoms with E-state index in [0.29, 0.717) is 11.1 Å². The van der Waals surface area contributed by atoms with Gasteiger partial charge in [0.1, 0.15) is 12.4 Å². The molecule has 4 nitrogen and oxygen atoms in total. The van der Waals surface area contributed by atoms with Gasteiger partial charge in [-0.05, 0) is 71.0 Å². The number of rotatable bonds is 5. The molecule has 0 radical (unpaired) electrons. The fourth-order valence-corrected chi connectivity index (χ4v) is 6.82. The van der Waals surface area contributed by atoms with Crippen molar-refractivity contribution in [2.45, 2.75) is 25.5 Å². The molecule has 6 heteroatoms. The van der Waals surface area contributed by atoms with Crippen molar-refractivity contribution in [2.24, 2.45) is 4.99 Å². The van der Waals surface area contributed by atoms with Crippen LogP contribution in [0, 0.1) is 0 Å². The Labute approximate surface area is 244 Å². The van der Waals surface area contributed by atoms with Gasteiger partial charge in [-0.25, -0.2) is 4.99 Å². The van der Waals surface area contributed by atoms with Crippen molar-refractivity contribution >= 4 is 39.0 Å². The molecule has 5 aromatic rings. The lowest BCUT2D eigenvalue weighted by atomic mass is 9.83. The van der Waals surface area contributed by atoms with Gasteiger partial charge >= 0.3 is 0 Å². The molecule has 7 rings (SSSR count). The smallest absolute Gasteiger partial charge is 0.271 e. The summed E-state index contributed by atoms with van der Waals surface area (Å²) >= 11 is 4.92. The number of thiazole rings is 1. The van der Waals surface area contributed by atoms with E-state index in [1.165, 1.54) is 28.0 Å². The van der Waals surface area contributed by atoms with Crippen LogP contribution in [0.2, 0.25) is 0 Å². The largest absolute Gasteiger partial charge is 0.489 e. The topological polar surface area (TPSA) is 43.6 Å². The maximum atomic E-state index is 14.0. The number of nitrogens with zero attached hydrogens (tertiary/aromatic N) is 2. The third-order valence-corrected chi connectivity index (χ3v) is 8.97. The predicted molar refractivity (Wildman–Crippen MR) is 164 cm³/mol. The molecule has 0 fully saturated rings. The quantitative estimate of drug-likeness (QED) is 0.225. The summed E-state index contributed by atoms with van der Waals surface area (Å²) in [5.74, 6) is 0.763. The van der Waals surface area contributed by atoms with Crippen molar-refractivity contribution in [3.63, 3.8) is 0 Å². The standard InChI is InChI=1S/C34H25BrN2O2S/c35-26-16-13-22(14-17-26)21-39-27-11-6-7-23(19-27)20-30-33(38)37-32(25-9-2-1-3-10-25)29-18-15-24-8-4-5-12-28(24)31(29)36-34(37)40-30/h1-14,16-17,19-20,32H,15,18,21H2/b30-20+/t32-/m0/s1. The minimum absolute atomic E-state index is 0.0100. The molecule has 2 aliphatic rings. The predicted octanol–water partition coefficient (Wildman–Crippen LogP) is 6.66. The zero-order valence-electron chi connectivity index (χ0n) is 21.6. The molecule has 0 N–H and O–H groups in total. The van der Waals surface area contributed by atoms with Crippen LogP contribution >= 0.6 is 27.3 Å². The molecule has 0 bridgehead atoms. The van der Waals surface area contributed by atoms with Gasteiger partial charge in [-0.2, -0.15) is 0 Å². The van der Waals surface area contributed by atoms with Crippen LogP contribution < -0.4 is 19.6 Å². The van der Waals surface area contributed by atoms with Crippen LogP contribution in [0.1, 0.15) is 40.3 Å². The van der Waals surface area contributed by atoms with Crippen LogP contribution in [0.5, 0.6) is 5.75 Å². The van der Waals surface area contributed by atoms with E-state index in [0.717, 1.165) is 50.3 Å². The van der Waals surface area contributed by atoms with E-state index in [1.807, 2.05) is 77.4 Å². The molecular formula is C34H25BrN2O2S. The Bertz CT molecular complexity index is 1940. The molecule has 1 aromatic heterocycles. The van der Waals surface area contributed by atoms with E-state index in [9.17, 15) is 4.79 Å². The summed E-state index contributed by atoms with van der Waals surface area (Å²) in [4.78, 5) is 19.8. The Balaban J connectivity index is 1.30. The van der Waals surface area contributed by atoms with Crippen LogP contribution in [0.15, 0.2) is 123 Å². The van der Waals surface area contributed by atoms with E-state index < -0.39 is 0 Å². The zero-order chi connectivity index (χ0) is 27.1. The molecule has 0 saturated heterocycles. The van der Waals surface area contributed by atoms with Gasteiger partial charge in [0.2, 0.25) is 0 Å². The number of aromatic nitrogens is 1. The maximum absolute atomic E-state index is 14.0. The summed E-state index contributed by atoms with van der Waals surface area (Å²) in [5.41, 5.74) is 7.84. The average molecular weight is 606 g/mol. The molecule has 4 aromatic carbocycles. The third kappa shape index (κ3) is 4.67. The fourth-order valence-electron chi connectivity index (χ4n) is 5.55. The molecule has 1 aliphatic heterocycles. The van der Waals surface area contributed by atoms with Crippen LogP contribution in [0.3, 0.4) is 0 Å². The highest BCUT2D eigenvalue weighted by molar-refractivity contribution is 9.10. The van der Waals surface area contributed by atoms with Gasteiger partial charge in [0.25, 0.3) is 5.56 Å². The molecule has 2 heterocycles. The van der Waals surface area contributed by atoms with Gasteiger partial charge in [0.15, 0.2) is 4.80 Å². The second kappa shape index (κ2) is 10.5. The van der Waals surface area contributed by atoms with Crippen molar-refractivity contribution in [3.8, 4) is 5.75 Å². The van der Waals surface area contributed by atoms with Gasteiger partial charge < -0.3 is 4.74 Å². The van der Waals surface area contributed by atoms with Crippen molar-refractivity contribution in [1.82, 2.24) is 4.57 Å². The summed E-state index contributed by atoms with van der Waals surface area (Å²) in [6, 6.07) is 34.7. The van der Waals surface area contributed by atoms with Crippen molar-refractivity contribution < 1.29 is 4.74 Å². The third-order valence-electron chi connectivity index (χ3n) is 7.46. The molecule has 0 unspecified atom stereocenters. The molecule has 1 aliphatic carbocycles. The highest BCUT2D eigenvalue weighted by Crippen LogP contribution is 2.41. The Morgan fingerprint density at radius 1 is 0.925 bits per heavy atom. The van der Waals surface area contributed by atoms with Crippen molar-refractivity contribution in [2.75, 3.05) is 0 Å². The average Bonchev–Trinajstić information content (AvgIpc) is 3.30. The number of aryl methyl sites for hydroxylation is 1. The summed E-state index contributed by atoms with van der Waals surface area (Å²) in [6.45, 7) is 0.475. The SMILES string of the molecule is O=c1/c(=C\c2cccc(OCc3ccc(Br)cc3)c2)sc2n1[C@@H](c1ccccc1)C1=C(N=2)c2ccccc2CC1. The number of allylic oxidation sites excluding steroid dienone is 1. The van der Waals surface area contributed by atoms with Gasteiger partial charge in [-0.15, -0.1) is 0 Å². The van der Waals surface area contributed by atoms with E-state index in [4.69, 9.17) is 9.73 Å². The lowest BCUT2D eigenvalue weighted by Gasteiger charge is -2.30. The summed E-state index contributed by atoms with van der Waals surface area (Å²) in [7, 11) is 0. The monoisotopic (exact) mass is 604 g/mol. The number of fused-ring (bicyclic) bond motifs is 3. The minimum Gasteiger partial charge on any atom is -0.489 e. The van der Waals surface area contributed by atoms with Gasteiger partial charge in [0.05, 0.1) is 16.3 Å². The fraction of sp³-hybridized carbons (Fsp3) is 0.118. The molecular weight excluding hydrogens is 580 g/mol. The normalized spacial score (nSPS) is 16.1. The highest BCUT2D eigenvalue weighted by Gasteiger charge is 2.32. The first kappa shape index (κ1) is 25.0. The van der Waals surface area contributed by atoms with E-state index in [1.54, 1.807) is 0 Å². The number of ether oxygens (including phenoxy) is 1. The lowest BCUT2D eigenvalue weighted by molar-refractivity contribution is 0.306. The highest BCUT2D eigenvalue weighted by atomic mass is 79.9. The van der Waals surface area contributed by atoms with E-state index >= 15 is 0 Å². The Morgan fingerprint density at radius 3 is 2.58 bits per heavy atom. The maximum Gasteiger partial charge on any atom is 0.271 e. The zero-order valence-corrected chi connectivity index (χ0v) is 24.0. The van der Waals surface area contributed by atoms with Gasteiger partial charge in [-0.3, -0.25) is 9.36 Å². The number of hydrogen-bond acceptors (Lipinski definition) is 4. The van der Waals surface area contributed by atoms with Gasteiger partial charge in [-0.1, -0.05) is 106 Å². The van der Waals surface area contributed by atoms with Crippen LogP contribution in [-0.4, -0.2) is 4.57 Å². The first-order valence-corrected chi connectivity index (χ1v) is 14.9. The first-order valence-electron chi connectivity index (χ1n) is 13.3. The summed E-state index contributed by atoms with van der Waals surface area (Å²) in [5, 5.41) is 0. The summed E-state index contributed by atoms with van der Waals surface area (Å²) in [6.07, 6.45) is 3.79. The molecule has 0 amide bonds. The van der Waals surface area contributed by atoms with Crippen molar-refractivity contribution in [3.05, 3.63) is 161 Å². The first-order chi connectivity index (χ1) is 19.6. The molecule has 0 saturated carbocycles. The van der Waals surface area contributed by atoms with Crippen LogP contribution in [0.25, 0.3) is 11.8 Å². The second-order valence-corrected chi connectivity index (χ2v) is 11.9. The Morgan fingerprint density at radius 2 is 1.73 bits per heavy atom. The second-order valence-electron chi connectivity index (χ2n) is 10.0. The Hall–Kier alpha value is -4.00. The number of hydrogen-bond donors (Lipinski definition) is 0. The number of halogens is 1. The van der Waals surface area contributed by atoms with E-state index in [2.05, 4.69) is 52.3 Å². The molecule has 40 heavy (non-hydrogen) atoms. The van der Waals surface area contributed by atoms with E-state index in [-0.39, 0.29) is 11.6 Å². The minimum atomic E-state index is -0.163.